The van der Waals surface area contributed by atoms with E-state index < -0.39 is 12.3 Å². The van der Waals surface area contributed by atoms with Crippen LogP contribution in [0.3, 0.4) is 0 Å². The van der Waals surface area contributed by atoms with E-state index in [1.807, 2.05) is 0 Å². The second kappa shape index (κ2) is 5.50. The van der Waals surface area contributed by atoms with Gasteiger partial charge in [-0.1, -0.05) is 0 Å². The van der Waals surface area contributed by atoms with Crippen molar-refractivity contribution in [2.24, 2.45) is 11.2 Å². The summed E-state index contributed by atoms with van der Waals surface area (Å²) in [6, 6.07) is 0. The number of nitrogens with zero attached hydrogens (tertiary/aromatic N) is 3. The van der Waals surface area contributed by atoms with E-state index in [2.05, 4.69) is 14.9 Å². The molecule has 8 nitrogen and oxygen atoms in total. The number of carbonyl (C=O) groups excluding carboxylic acids is 1. The van der Waals surface area contributed by atoms with Gasteiger partial charge >= 0.3 is 5.97 Å². The zero-order valence-electron chi connectivity index (χ0n) is 9.20. The molecule has 1 aliphatic heterocycles. The van der Waals surface area contributed by atoms with Crippen LogP contribution in [0.1, 0.15) is 13.8 Å². The summed E-state index contributed by atoms with van der Waals surface area (Å²) in [6.07, 6.45) is -0.899. The van der Waals surface area contributed by atoms with E-state index >= 15 is 0 Å². The first-order chi connectivity index (χ1) is 7.52. The molecule has 0 aromatic heterocycles. The van der Waals surface area contributed by atoms with E-state index in [9.17, 15) is 10.0 Å². The number of hydrogen-bond donors (Lipinski definition) is 1. The molecule has 16 heavy (non-hydrogen) atoms. The molecule has 0 aromatic rings. The van der Waals surface area contributed by atoms with Gasteiger partial charge in [0.15, 0.2) is 0 Å². The van der Waals surface area contributed by atoms with Crippen molar-refractivity contribution in [3.63, 3.8) is 0 Å². The van der Waals surface area contributed by atoms with Crippen molar-refractivity contribution in [3.8, 4) is 0 Å². The minimum absolute atomic E-state index is 0.0506. The maximum absolute atomic E-state index is 11.2. The van der Waals surface area contributed by atoms with Gasteiger partial charge in [-0.25, -0.2) is 0 Å². The van der Waals surface area contributed by atoms with Crippen molar-refractivity contribution in [2.45, 2.75) is 20.1 Å². The van der Waals surface area contributed by atoms with Crippen LogP contribution in [0, 0.1) is 11.1 Å². The van der Waals surface area contributed by atoms with Crippen LogP contribution in [0.2, 0.25) is 0 Å². The standard InChI is InChI=1S/C8H15N3O5/c1-6(13)15-7(2)16-9-11(14)10-3-8(4-10)5-12/h7-8,12H,3-5H2,1-2H3/b11-9+. The predicted molar refractivity (Wildman–Crippen MR) is 50.5 cm³/mol. The SMILES string of the molecule is CC(=O)OC(C)O/N=[N+](/[O-])N1CC(CO)C1. The Kier molecular flexibility index (Phi) is 4.29. The molecule has 0 amide bonds. The number of ether oxygens (including phenoxy) is 1. The lowest BCUT2D eigenvalue weighted by Crippen LogP contribution is -2.51. The number of aliphatic hydroxyl groups excluding tert-OH is 1. The predicted octanol–water partition coefficient (Wildman–Crippen LogP) is -0.371. The van der Waals surface area contributed by atoms with E-state index in [1.165, 1.54) is 18.9 Å². The average Bonchev–Trinajstić information content (AvgIpc) is 2.12. The van der Waals surface area contributed by atoms with Crippen LogP contribution in [-0.2, 0) is 14.4 Å². The van der Waals surface area contributed by atoms with Gasteiger partial charge in [-0.3, -0.25) is 9.63 Å². The van der Waals surface area contributed by atoms with Gasteiger partial charge in [0, 0.05) is 26.4 Å². The lowest BCUT2D eigenvalue weighted by atomic mass is 10.0. The molecule has 1 rings (SSSR count). The minimum Gasteiger partial charge on any atom is -0.569 e. The monoisotopic (exact) mass is 233 g/mol. The third-order valence-corrected chi connectivity index (χ3v) is 2.04. The summed E-state index contributed by atoms with van der Waals surface area (Å²) in [6.45, 7) is 3.61. The molecule has 1 heterocycles. The molecule has 1 aliphatic rings. The zero-order valence-corrected chi connectivity index (χ0v) is 9.20. The molecule has 1 fully saturated rings. The Bertz CT molecular complexity index is 277. The Labute approximate surface area is 92.6 Å². The Morgan fingerprint density at radius 1 is 1.75 bits per heavy atom. The Morgan fingerprint density at radius 3 is 2.88 bits per heavy atom. The summed E-state index contributed by atoms with van der Waals surface area (Å²) in [4.78, 5) is 15.4. The molecule has 0 saturated carbocycles. The highest BCUT2D eigenvalue weighted by Crippen LogP contribution is 2.14. The van der Waals surface area contributed by atoms with Crippen molar-refractivity contribution in [1.82, 2.24) is 5.01 Å². The maximum atomic E-state index is 11.2. The van der Waals surface area contributed by atoms with Gasteiger partial charge in [-0.15, -0.1) is 5.01 Å². The molecule has 0 aliphatic carbocycles. The van der Waals surface area contributed by atoms with E-state index in [-0.39, 0.29) is 17.5 Å². The second-order valence-corrected chi connectivity index (χ2v) is 3.54. The third-order valence-electron chi connectivity index (χ3n) is 2.04. The van der Waals surface area contributed by atoms with Crippen LogP contribution in [0.25, 0.3) is 0 Å². The van der Waals surface area contributed by atoms with Crippen molar-refractivity contribution in [2.75, 3.05) is 19.7 Å². The fourth-order valence-corrected chi connectivity index (χ4v) is 1.21. The first-order valence-corrected chi connectivity index (χ1v) is 4.90. The third kappa shape index (κ3) is 3.54. The van der Waals surface area contributed by atoms with Crippen LogP contribution < -0.4 is 0 Å². The normalized spacial score (nSPS) is 18.9. The average molecular weight is 233 g/mol. The lowest BCUT2D eigenvalue weighted by Gasteiger charge is -2.32. The Morgan fingerprint density at radius 2 is 2.38 bits per heavy atom. The van der Waals surface area contributed by atoms with Gasteiger partial charge in [0.1, 0.15) is 0 Å². The molecule has 1 saturated heterocycles. The van der Waals surface area contributed by atoms with E-state index in [0.717, 1.165) is 0 Å². The maximum Gasteiger partial charge on any atom is 0.305 e. The Balaban J connectivity index is 2.26. The largest absolute Gasteiger partial charge is 0.569 e. The van der Waals surface area contributed by atoms with Crippen LogP contribution in [0.15, 0.2) is 5.28 Å². The lowest BCUT2D eigenvalue weighted by molar-refractivity contribution is -0.728. The first-order valence-electron chi connectivity index (χ1n) is 4.90. The zero-order chi connectivity index (χ0) is 12.1. The number of carbonyl (C=O) groups is 1. The van der Waals surface area contributed by atoms with Gasteiger partial charge in [0.2, 0.25) is 5.28 Å². The van der Waals surface area contributed by atoms with Crippen LogP contribution >= 0.6 is 0 Å². The van der Waals surface area contributed by atoms with Crippen molar-refractivity contribution in [1.29, 1.82) is 0 Å². The molecule has 8 heteroatoms. The minimum atomic E-state index is -0.899. The molecular weight excluding hydrogens is 218 g/mol. The summed E-state index contributed by atoms with van der Waals surface area (Å²) in [5.74, 6) is -0.401. The van der Waals surface area contributed by atoms with Gasteiger partial charge in [0.25, 0.3) is 6.29 Å². The summed E-state index contributed by atoms with van der Waals surface area (Å²) < 4.78 is 4.60. The quantitative estimate of drug-likeness (QED) is 0.229. The summed E-state index contributed by atoms with van der Waals surface area (Å²) >= 11 is 0. The highest BCUT2D eigenvalue weighted by Gasteiger charge is 2.32. The smallest absolute Gasteiger partial charge is 0.305 e. The molecule has 1 N–H and O–H groups in total. The van der Waals surface area contributed by atoms with Crippen LogP contribution in [0.5, 0.6) is 0 Å². The Hall–Kier alpha value is -1.57. The fourth-order valence-electron chi connectivity index (χ4n) is 1.21. The number of aliphatic hydroxyl groups is 1. The topological polar surface area (TPSA) is 97.4 Å². The first kappa shape index (κ1) is 12.5. The van der Waals surface area contributed by atoms with Gasteiger partial charge in [-0.05, 0) is 0 Å². The van der Waals surface area contributed by atoms with E-state index in [4.69, 9.17) is 5.11 Å². The molecule has 92 valence electrons. The number of rotatable bonds is 5. The molecule has 0 spiro atoms. The van der Waals surface area contributed by atoms with Gasteiger partial charge in [-0.2, -0.15) is 0 Å². The summed E-state index contributed by atoms with van der Waals surface area (Å²) in [5, 5.41) is 24.5. The molecule has 1 unspecified atom stereocenters. The molecule has 0 aromatic carbocycles. The van der Waals surface area contributed by atoms with Crippen molar-refractivity contribution < 1.29 is 24.4 Å². The second-order valence-electron chi connectivity index (χ2n) is 3.54. The molecule has 0 radical (unpaired) electrons. The highest BCUT2D eigenvalue weighted by molar-refractivity contribution is 5.65. The molecular formula is C8H15N3O5. The highest BCUT2D eigenvalue weighted by atomic mass is 16.8. The molecule has 1 atom stereocenters. The molecule has 0 bridgehead atoms. The van der Waals surface area contributed by atoms with Crippen LogP contribution in [0.4, 0.5) is 0 Å². The van der Waals surface area contributed by atoms with Gasteiger partial charge in [0.05, 0.1) is 18.1 Å². The van der Waals surface area contributed by atoms with Gasteiger partial charge < -0.3 is 15.1 Å². The number of esters is 1. The fraction of sp³-hybridized carbons (Fsp3) is 0.875. The number of hydrogen-bond acceptors (Lipinski definition) is 6. The van der Waals surface area contributed by atoms with Crippen molar-refractivity contribution >= 4 is 5.97 Å². The summed E-state index contributed by atoms with van der Waals surface area (Å²) in [7, 11) is 0. The number of hydrazine groups is 1. The summed E-state index contributed by atoms with van der Waals surface area (Å²) in [5.41, 5.74) is 0. The van der Waals surface area contributed by atoms with E-state index in [0.29, 0.717) is 13.1 Å². The van der Waals surface area contributed by atoms with Crippen molar-refractivity contribution in [3.05, 3.63) is 5.21 Å². The van der Waals surface area contributed by atoms with Crippen LogP contribution in [-0.4, -0.2) is 47.0 Å². The van der Waals surface area contributed by atoms with E-state index in [1.54, 1.807) is 0 Å².